The number of thiophene rings is 1. The summed E-state index contributed by atoms with van der Waals surface area (Å²) in [6, 6.07) is 5.97. The van der Waals surface area contributed by atoms with Gasteiger partial charge in [-0.25, -0.2) is 15.8 Å². The minimum absolute atomic E-state index is 0.350. The molecule has 0 aliphatic rings. The zero-order chi connectivity index (χ0) is 13.7. The van der Waals surface area contributed by atoms with Gasteiger partial charge in [-0.1, -0.05) is 0 Å². The van der Waals surface area contributed by atoms with Gasteiger partial charge >= 0.3 is 0 Å². The molecule has 0 fully saturated rings. The summed E-state index contributed by atoms with van der Waals surface area (Å²) in [5.41, 5.74) is 2.52. The molecule has 2 rings (SSSR count). The smallest absolute Gasteiger partial charge is 0.158 e. The molecule has 0 aliphatic carbocycles. The van der Waals surface area contributed by atoms with Crippen molar-refractivity contribution in [2.45, 2.75) is 20.1 Å². The highest BCUT2D eigenvalue weighted by atomic mass is 32.1. The second kappa shape index (κ2) is 6.46. The Balaban J connectivity index is 2.08. The van der Waals surface area contributed by atoms with Crippen LogP contribution in [0.25, 0.3) is 0 Å². The lowest BCUT2D eigenvalue weighted by Crippen LogP contribution is -2.12. The Hall–Kier alpha value is -1.70. The number of aryl methyl sites for hydroxylation is 1. The fraction of sp³-hybridized carbons (Fsp3) is 0.333. The minimum Gasteiger partial charge on any atom is -0.377 e. The van der Waals surface area contributed by atoms with Crippen molar-refractivity contribution in [2.75, 3.05) is 17.9 Å². The lowest BCUT2D eigenvalue weighted by Gasteiger charge is -2.08. The summed E-state index contributed by atoms with van der Waals surface area (Å²) in [7, 11) is 1.60. The first-order valence-electron chi connectivity index (χ1n) is 5.84. The topological polar surface area (TPSA) is 85.1 Å². The lowest BCUT2D eigenvalue weighted by molar-refractivity contribution is 0.178. The summed E-state index contributed by atoms with van der Waals surface area (Å²) in [4.78, 5) is 11.1. The van der Waals surface area contributed by atoms with Crippen molar-refractivity contribution in [3.63, 3.8) is 0 Å². The third-order valence-electron chi connectivity index (χ3n) is 2.43. The van der Waals surface area contributed by atoms with Gasteiger partial charge in [0, 0.05) is 22.9 Å². The van der Waals surface area contributed by atoms with Crippen LogP contribution in [0.4, 0.5) is 11.6 Å². The molecular weight excluding hydrogens is 262 g/mol. The number of aromatic nitrogens is 2. The molecule has 0 saturated heterocycles. The summed E-state index contributed by atoms with van der Waals surface area (Å²) < 4.78 is 5.03. The number of hydrogen-bond acceptors (Lipinski definition) is 7. The van der Waals surface area contributed by atoms with Gasteiger partial charge in [-0.05, 0) is 19.1 Å². The van der Waals surface area contributed by atoms with E-state index in [-0.39, 0.29) is 0 Å². The average Bonchev–Trinajstić information content (AvgIpc) is 2.82. The molecule has 6 nitrogen and oxygen atoms in total. The van der Waals surface area contributed by atoms with Crippen LogP contribution in [0.3, 0.4) is 0 Å². The van der Waals surface area contributed by atoms with Crippen LogP contribution < -0.4 is 16.6 Å². The molecule has 0 spiro atoms. The molecule has 0 unspecified atom stereocenters. The Bertz CT molecular complexity index is 543. The summed E-state index contributed by atoms with van der Waals surface area (Å²) in [5, 5.41) is 3.26. The fourth-order valence-corrected chi connectivity index (χ4v) is 2.44. The number of ether oxygens (including phenoxy) is 1. The van der Waals surface area contributed by atoms with Crippen LogP contribution in [-0.4, -0.2) is 17.1 Å². The molecule has 7 heteroatoms. The molecule has 0 bridgehead atoms. The van der Waals surface area contributed by atoms with Gasteiger partial charge in [0.05, 0.1) is 6.54 Å². The van der Waals surface area contributed by atoms with E-state index in [1.54, 1.807) is 24.5 Å². The lowest BCUT2D eigenvalue weighted by atomic mass is 10.4. The van der Waals surface area contributed by atoms with Gasteiger partial charge in [0.15, 0.2) is 5.82 Å². The molecule has 102 valence electrons. The highest BCUT2D eigenvalue weighted by Crippen LogP contribution is 2.17. The predicted molar refractivity (Wildman–Crippen MR) is 76.9 cm³/mol. The van der Waals surface area contributed by atoms with Crippen LogP contribution in [-0.2, 0) is 17.9 Å². The molecule has 0 amide bonds. The summed E-state index contributed by atoms with van der Waals surface area (Å²) in [6.45, 7) is 3.17. The van der Waals surface area contributed by atoms with Gasteiger partial charge in [-0.2, -0.15) is 0 Å². The van der Waals surface area contributed by atoms with Crippen LogP contribution in [0.2, 0.25) is 0 Å². The van der Waals surface area contributed by atoms with Crippen molar-refractivity contribution >= 4 is 23.0 Å². The number of hydrogen-bond donors (Lipinski definition) is 3. The van der Waals surface area contributed by atoms with Gasteiger partial charge in [0.2, 0.25) is 0 Å². The Morgan fingerprint density at radius 3 is 2.74 bits per heavy atom. The van der Waals surface area contributed by atoms with E-state index in [0.717, 1.165) is 12.4 Å². The summed E-state index contributed by atoms with van der Waals surface area (Å²) >= 11 is 1.76. The molecule has 0 atom stereocenters. The highest BCUT2D eigenvalue weighted by Gasteiger charge is 2.04. The molecule has 2 aromatic heterocycles. The normalized spacial score (nSPS) is 10.5. The number of hydrazine groups is 1. The Kier molecular flexibility index (Phi) is 4.67. The molecule has 4 N–H and O–H groups in total. The van der Waals surface area contributed by atoms with Crippen molar-refractivity contribution in [3.05, 3.63) is 33.8 Å². The summed E-state index contributed by atoms with van der Waals surface area (Å²) in [5.74, 6) is 7.26. The van der Waals surface area contributed by atoms with Crippen molar-refractivity contribution in [3.8, 4) is 0 Å². The van der Waals surface area contributed by atoms with E-state index in [1.165, 1.54) is 9.75 Å². The maximum absolute atomic E-state index is 5.39. The van der Waals surface area contributed by atoms with E-state index >= 15 is 0 Å². The first kappa shape index (κ1) is 13.7. The van der Waals surface area contributed by atoms with Gasteiger partial charge in [-0.15, -0.1) is 11.3 Å². The predicted octanol–water partition coefficient (Wildman–Crippen LogP) is 1.89. The molecule has 0 aromatic carbocycles. The van der Waals surface area contributed by atoms with Crippen molar-refractivity contribution in [1.82, 2.24) is 9.97 Å². The van der Waals surface area contributed by atoms with E-state index in [4.69, 9.17) is 10.6 Å². The number of anilines is 2. The Morgan fingerprint density at radius 1 is 1.32 bits per heavy atom. The van der Waals surface area contributed by atoms with Crippen LogP contribution in [0.5, 0.6) is 0 Å². The monoisotopic (exact) mass is 279 g/mol. The maximum Gasteiger partial charge on any atom is 0.158 e. The van der Waals surface area contributed by atoms with Gasteiger partial charge in [-0.3, -0.25) is 0 Å². The molecule has 0 aliphatic heterocycles. The minimum atomic E-state index is 0.350. The average molecular weight is 279 g/mol. The van der Waals surface area contributed by atoms with Crippen LogP contribution in [0.1, 0.15) is 15.6 Å². The van der Waals surface area contributed by atoms with Crippen LogP contribution in [0, 0.1) is 6.92 Å². The van der Waals surface area contributed by atoms with Gasteiger partial charge < -0.3 is 15.5 Å². The molecular formula is C12H17N5OS. The molecule has 2 heterocycles. The largest absolute Gasteiger partial charge is 0.377 e. The van der Waals surface area contributed by atoms with E-state index < -0.39 is 0 Å². The Labute approximate surface area is 116 Å². The zero-order valence-corrected chi connectivity index (χ0v) is 11.8. The standard InChI is InChI=1S/C12H17N5OS/c1-8-3-4-9(19-8)6-14-10-5-11(17-13)16-12(15-10)7-18-2/h3-5H,6-7,13H2,1-2H3,(H2,14,15,16,17). The third kappa shape index (κ3) is 3.88. The number of nitrogens with two attached hydrogens (primary N) is 1. The number of nitrogens with one attached hydrogen (secondary N) is 2. The number of methoxy groups -OCH3 is 1. The molecule has 0 saturated carbocycles. The molecule has 0 radical (unpaired) electrons. The SMILES string of the molecule is COCc1nc(NN)cc(NCc2ccc(C)s2)n1. The van der Waals surface area contributed by atoms with Crippen molar-refractivity contribution in [2.24, 2.45) is 5.84 Å². The molecule has 19 heavy (non-hydrogen) atoms. The first-order chi connectivity index (χ1) is 9.21. The second-order valence-corrected chi connectivity index (χ2v) is 5.37. The Morgan fingerprint density at radius 2 is 2.11 bits per heavy atom. The number of rotatable bonds is 6. The quantitative estimate of drug-likeness (QED) is 0.553. The maximum atomic E-state index is 5.39. The third-order valence-corrected chi connectivity index (χ3v) is 3.43. The van der Waals surface area contributed by atoms with Crippen LogP contribution in [0.15, 0.2) is 18.2 Å². The van der Waals surface area contributed by atoms with E-state index in [2.05, 4.69) is 39.8 Å². The fourth-order valence-electron chi connectivity index (χ4n) is 1.61. The van der Waals surface area contributed by atoms with E-state index in [0.29, 0.717) is 18.2 Å². The van der Waals surface area contributed by atoms with E-state index in [1.807, 2.05) is 0 Å². The number of nitrogen functional groups attached to an aromatic ring is 1. The summed E-state index contributed by atoms with van der Waals surface area (Å²) in [6.07, 6.45) is 0. The zero-order valence-electron chi connectivity index (χ0n) is 10.9. The molecule has 2 aromatic rings. The first-order valence-corrected chi connectivity index (χ1v) is 6.65. The van der Waals surface area contributed by atoms with E-state index in [9.17, 15) is 0 Å². The number of nitrogens with zero attached hydrogens (tertiary/aromatic N) is 2. The van der Waals surface area contributed by atoms with Gasteiger partial charge in [0.25, 0.3) is 0 Å². The highest BCUT2D eigenvalue weighted by molar-refractivity contribution is 7.11. The van der Waals surface area contributed by atoms with Gasteiger partial charge in [0.1, 0.15) is 18.2 Å². The van der Waals surface area contributed by atoms with Crippen molar-refractivity contribution < 1.29 is 4.74 Å². The second-order valence-electron chi connectivity index (χ2n) is 4.00. The van der Waals surface area contributed by atoms with Crippen molar-refractivity contribution in [1.29, 1.82) is 0 Å². The van der Waals surface area contributed by atoms with Crippen LogP contribution >= 0.6 is 11.3 Å².